The molecule has 0 spiro atoms. The second kappa shape index (κ2) is 8.30. The van der Waals surface area contributed by atoms with Crippen LogP contribution in [0.15, 0.2) is 42.7 Å². The molecule has 0 aliphatic carbocycles. The number of nitrogens with zero attached hydrogens (tertiary/aromatic N) is 4. The molecule has 160 valence electrons. The fourth-order valence-corrected chi connectivity index (χ4v) is 3.96. The Morgan fingerprint density at radius 2 is 1.97 bits per heavy atom. The topological polar surface area (TPSA) is 52.8 Å². The highest BCUT2D eigenvalue weighted by Gasteiger charge is 2.24. The molecule has 5 rings (SSSR count). The van der Waals surface area contributed by atoms with Crippen molar-refractivity contribution >= 4 is 22.6 Å². The quantitative estimate of drug-likeness (QED) is 0.293. The maximum absolute atomic E-state index is 14.8. The third kappa shape index (κ3) is 3.72. The van der Waals surface area contributed by atoms with Crippen LogP contribution < -0.4 is 0 Å². The van der Waals surface area contributed by atoms with Gasteiger partial charge in [0.25, 0.3) is 0 Å². The lowest BCUT2D eigenvalue weighted by atomic mass is 10.0. The van der Waals surface area contributed by atoms with Crippen LogP contribution in [0.1, 0.15) is 31.1 Å². The fourth-order valence-electron chi connectivity index (χ4n) is 3.80. The number of pyridine rings is 2. The van der Waals surface area contributed by atoms with Crippen molar-refractivity contribution in [3.8, 4) is 34.9 Å². The Morgan fingerprint density at radius 1 is 1.09 bits per heavy atom. The van der Waals surface area contributed by atoms with Gasteiger partial charge >= 0.3 is 0 Å². The number of hydrogen-bond acceptors (Lipinski definition) is 4. The molecule has 1 atom stereocenters. The van der Waals surface area contributed by atoms with Gasteiger partial charge in [0.05, 0.1) is 21.7 Å². The number of hydrogen-bond donors (Lipinski definition) is 0. The highest BCUT2D eigenvalue weighted by molar-refractivity contribution is 6.31. The Morgan fingerprint density at radius 3 is 2.75 bits per heavy atom. The van der Waals surface area contributed by atoms with Gasteiger partial charge in [0, 0.05) is 41.8 Å². The molecule has 0 amide bonds. The lowest BCUT2D eigenvalue weighted by molar-refractivity contribution is -0.0393. The number of fused-ring (bicyclic) bond motifs is 1. The highest BCUT2D eigenvalue weighted by atomic mass is 35.5. The summed E-state index contributed by atoms with van der Waals surface area (Å²) in [4.78, 5) is 9.00. The van der Waals surface area contributed by atoms with Gasteiger partial charge in [-0.25, -0.2) is 18.4 Å². The molecule has 4 heterocycles. The van der Waals surface area contributed by atoms with E-state index in [2.05, 4.69) is 21.0 Å². The van der Waals surface area contributed by atoms with Gasteiger partial charge in [0.1, 0.15) is 23.6 Å². The molecule has 1 aliphatic rings. The van der Waals surface area contributed by atoms with Crippen LogP contribution >= 0.6 is 11.6 Å². The van der Waals surface area contributed by atoms with Gasteiger partial charge < -0.3 is 4.74 Å². The SMILES string of the molecule is C#Cc1cnc2ccc(-c3cn(C4CCCCO4)nc3-c3cc(Cl)c(F)cc3F)nc2c1. The first-order chi connectivity index (χ1) is 15.5. The van der Waals surface area contributed by atoms with Crippen molar-refractivity contribution in [2.45, 2.75) is 25.5 Å². The molecule has 8 heteroatoms. The van der Waals surface area contributed by atoms with Crippen molar-refractivity contribution in [2.24, 2.45) is 0 Å². The molecule has 1 saturated heterocycles. The Labute approximate surface area is 188 Å². The summed E-state index contributed by atoms with van der Waals surface area (Å²) < 4.78 is 36.1. The first-order valence-electron chi connectivity index (χ1n) is 10.1. The monoisotopic (exact) mass is 450 g/mol. The largest absolute Gasteiger partial charge is 0.357 e. The van der Waals surface area contributed by atoms with Gasteiger partial charge in [0.15, 0.2) is 0 Å². The summed E-state index contributed by atoms with van der Waals surface area (Å²) in [6, 6.07) is 7.35. The van der Waals surface area contributed by atoms with E-state index in [1.807, 2.05) is 6.07 Å². The van der Waals surface area contributed by atoms with Crippen molar-refractivity contribution in [3.63, 3.8) is 0 Å². The summed E-state index contributed by atoms with van der Waals surface area (Å²) in [5.74, 6) is 0.950. The Balaban J connectivity index is 1.70. The van der Waals surface area contributed by atoms with Crippen LogP contribution in [0.25, 0.3) is 33.5 Å². The van der Waals surface area contributed by atoms with Gasteiger partial charge in [-0.2, -0.15) is 5.10 Å². The zero-order valence-corrected chi connectivity index (χ0v) is 17.6. The molecule has 1 aromatic carbocycles. The van der Waals surface area contributed by atoms with E-state index in [-0.39, 0.29) is 16.8 Å². The summed E-state index contributed by atoms with van der Waals surface area (Å²) in [6.07, 6.45) is 11.4. The van der Waals surface area contributed by atoms with Crippen LogP contribution in [0.2, 0.25) is 5.02 Å². The Hall–Kier alpha value is -3.34. The van der Waals surface area contributed by atoms with Crippen LogP contribution in [0.4, 0.5) is 8.78 Å². The van der Waals surface area contributed by atoms with Crippen LogP contribution in [-0.2, 0) is 4.74 Å². The minimum Gasteiger partial charge on any atom is -0.357 e. The van der Waals surface area contributed by atoms with Crippen LogP contribution in [-0.4, -0.2) is 26.4 Å². The molecule has 32 heavy (non-hydrogen) atoms. The molecule has 0 radical (unpaired) electrons. The first-order valence-corrected chi connectivity index (χ1v) is 10.5. The van der Waals surface area contributed by atoms with E-state index >= 15 is 0 Å². The van der Waals surface area contributed by atoms with E-state index in [4.69, 9.17) is 22.8 Å². The maximum atomic E-state index is 14.8. The minimum absolute atomic E-state index is 0.0818. The van der Waals surface area contributed by atoms with Crippen molar-refractivity contribution < 1.29 is 13.5 Å². The number of halogens is 3. The number of benzene rings is 1. The summed E-state index contributed by atoms with van der Waals surface area (Å²) in [5, 5.41) is 4.42. The van der Waals surface area contributed by atoms with Gasteiger partial charge in [-0.1, -0.05) is 17.5 Å². The standard InChI is InChI=1S/C24H17ClF2N4O/c1-2-14-9-22-21(28-12-14)7-6-20(29-22)16-13-31(23-5-3-4-8-32-23)30-24(16)15-10-17(25)19(27)11-18(15)26/h1,6-7,9-13,23H,3-5,8H2. The molecule has 0 saturated carbocycles. The van der Waals surface area contributed by atoms with Gasteiger partial charge in [-0.3, -0.25) is 4.98 Å². The van der Waals surface area contributed by atoms with Crippen LogP contribution in [0, 0.1) is 24.0 Å². The average molecular weight is 451 g/mol. The number of rotatable bonds is 3. The predicted molar refractivity (Wildman–Crippen MR) is 118 cm³/mol. The van der Waals surface area contributed by atoms with E-state index in [0.29, 0.717) is 40.2 Å². The molecule has 1 aliphatic heterocycles. The number of ether oxygens (including phenoxy) is 1. The smallest absolute Gasteiger partial charge is 0.150 e. The van der Waals surface area contributed by atoms with E-state index in [0.717, 1.165) is 25.3 Å². The van der Waals surface area contributed by atoms with Crippen molar-refractivity contribution in [1.29, 1.82) is 0 Å². The summed E-state index contributed by atoms with van der Waals surface area (Å²) in [6.45, 7) is 0.626. The van der Waals surface area contributed by atoms with Crippen molar-refractivity contribution in [3.05, 3.63) is 64.9 Å². The zero-order chi connectivity index (χ0) is 22.2. The average Bonchev–Trinajstić information content (AvgIpc) is 3.26. The lowest BCUT2D eigenvalue weighted by Crippen LogP contribution is -2.18. The summed E-state index contributed by atoms with van der Waals surface area (Å²) >= 11 is 5.96. The highest BCUT2D eigenvalue weighted by Crippen LogP contribution is 2.36. The fraction of sp³-hybridized carbons (Fsp3) is 0.208. The molecular weight excluding hydrogens is 434 g/mol. The number of terminal acetylenes is 1. The van der Waals surface area contributed by atoms with Gasteiger partial charge in [-0.05, 0) is 43.5 Å². The van der Waals surface area contributed by atoms with E-state index < -0.39 is 11.6 Å². The van der Waals surface area contributed by atoms with Crippen molar-refractivity contribution in [2.75, 3.05) is 6.61 Å². The third-order valence-corrected chi connectivity index (χ3v) is 5.72. The van der Waals surface area contributed by atoms with Gasteiger partial charge in [-0.15, -0.1) is 6.42 Å². The molecule has 0 N–H and O–H groups in total. The predicted octanol–water partition coefficient (Wildman–Crippen LogP) is 5.77. The molecule has 4 aromatic rings. The molecule has 1 fully saturated rings. The van der Waals surface area contributed by atoms with Gasteiger partial charge in [0.2, 0.25) is 0 Å². The Kier molecular flexibility index (Phi) is 5.33. The van der Waals surface area contributed by atoms with E-state index in [1.165, 1.54) is 6.07 Å². The maximum Gasteiger partial charge on any atom is 0.150 e. The summed E-state index contributed by atoms with van der Waals surface area (Å²) in [5.41, 5.74) is 3.37. The molecule has 3 aromatic heterocycles. The zero-order valence-electron chi connectivity index (χ0n) is 16.9. The second-order valence-corrected chi connectivity index (χ2v) is 7.95. The van der Waals surface area contributed by atoms with Crippen LogP contribution in [0.3, 0.4) is 0 Å². The van der Waals surface area contributed by atoms with E-state index in [9.17, 15) is 8.78 Å². The second-order valence-electron chi connectivity index (χ2n) is 7.54. The third-order valence-electron chi connectivity index (χ3n) is 5.43. The molecule has 5 nitrogen and oxygen atoms in total. The van der Waals surface area contributed by atoms with Crippen LogP contribution in [0.5, 0.6) is 0 Å². The summed E-state index contributed by atoms with van der Waals surface area (Å²) in [7, 11) is 0. The van der Waals surface area contributed by atoms with E-state index in [1.54, 1.807) is 29.2 Å². The Bertz CT molecular complexity index is 1370. The lowest BCUT2D eigenvalue weighted by Gasteiger charge is -2.22. The molecule has 0 bridgehead atoms. The minimum atomic E-state index is -0.832. The normalized spacial score (nSPS) is 16.2. The molecule has 1 unspecified atom stereocenters. The number of aromatic nitrogens is 4. The first kappa shape index (κ1) is 20.6. The molecular formula is C24H17ClF2N4O. The van der Waals surface area contributed by atoms with Crippen molar-refractivity contribution in [1.82, 2.24) is 19.7 Å².